The molecule has 1 N–H and O–H groups in total. The Hall–Kier alpha value is -3.60. The Kier molecular flexibility index (Phi) is 6.03. The Bertz CT molecular complexity index is 1210. The minimum Gasteiger partial charge on any atom is -0.493 e. The van der Waals surface area contributed by atoms with Crippen molar-refractivity contribution in [3.63, 3.8) is 0 Å². The summed E-state index contributed by atoms with van der Waals surface area (Å²) < 4.78 is 21.0. The second kappa shape index (κ2) is 9.04. The summed E-state index contributed by atoms with van der Waals surface area (Å²) in [6.45, 7) is 5.46. The number of aromatic nitrogens is 1. The van der Waals surface area contributed by atoms with Crippen LogP contribution < -0.4 is 10.1 Å². The van der Waals surface area contributed by atoms with Crippen molar-refractivity contribution in [2.45, 2.75) is 26.9 Å². The molecule has 0 aliphatic carbocycles. The first-order valence-corrected chi connectivity index (χ1v) is 10.4. The van der Waals surface area contributed by atoms with Crippen LogP contribution in [0.25, 0.3) is 10.9 Å². The van der Waals surface area contributed by atoms with Gasteiger partial charge in [-0.1, -0.05) is 42.5 Å². The van der Waals surface area contributed by atoms with E-state index in [1.165, 1.54) is 17.7 Å². The maximum atomic E-state index is 13.2. The molecule has 1 heterocycles. The zero-order valence-corrected chi connectivity index (χ0v) is 17.7. The van der Waals surface area contributed by atoms with Gasteiger partial charge in [0.1, 0.15) is 17.3 Å². The molecule has 0 aliphatic heterocycles. The second-order valence-corrected chi connectivity index (χ2v) is 7.47. The van der Waals surface area contributed by atoms with Gasteiger partial charge in [-0.15, -0.1) is 0 Å². The van der Waals surface area contributed by atoms with Crippen molar-refractivity contribution in [1.82, 2.24) is 9.88 Å². The second-order valence-electron chi connectivity index (χ2n) is 7.47. The van der Waals surface area contributed by atoms with Crippen molar-refractivity contribution >= 4 is 16.8 Å². The maximum absolute atomic E-state index is 13.2. The molecule has 4 rings (SSSR count). The molecule has 0 bridgehead atoms. The first kappa shape index (κ1) is 20.7. The van der Waals surface area contributed by atoms with Crippen LogP contribution in [-0.2, 0) is 13.1 Å². The van der Waals surface area contributed by atoms with E-state index < -0.39 is 0 Å². The highest BCUT2D eigenvalue weighted by Crippen LogP contribution is 2.30. The minimum atomic E-state index is -0.295. The van der Waals surface area contributed by atoms with Gasteiger partial charge < -0.3 is 14.6 Å². The highest BCUT2D eigenvalue weighted by atomic mass is 19.1. The van der Waals surface area contributed by atoms with Crippen LogP contribution in [0, 0.1) is 12.7 Å². The van der Waals surface area contributed by atoms with Gasteiger partial charge in [0.05, 0.1) is 12.1 Å². The fraction of sp³-hybridized carbons (Fsp3) is 0.192. The van der Waals surface area contributed by atoms with Crippen molar-refractivity contribution in [3.05, 3.63) is 101 Å². The molecule has 0 radical (unpaired) electrons. The van der Waals surface area contributed by atoms with E-state index in [9.17, 15) is 9.18 Å². The molecule has 0 spiro atoms. The molecule has 0 unspecified atom stereocenters. The first-order chi connectivity index (χ1) is 15.1. The lowest BCUT2D eigenvalue weighted by Crippen LogP contribution is -2.25. The van der Waals surface area contributed by atoms with E-state index in [1.54, 1.807) is 12.1 Å². The average molecular weight is 416 g/mol. The number of amides is 1. The lowest BCUT2D eigenvalue weighted by Gasteiger charge is -2.13. The van der Waals surface area contributed by atoms with Gasteiger partial charge in [-0.3, -0.25) is 4.79 Å². The molecule has 1 aromatic heterocycles. The van der Waals surface area contributed by atoms with E-state index >= 15 is 0 Å². The van der Waals surface area contributed by atoms with Crippen LogP contribution in [0.15, 0.2) is 72.8 Å². The largest absolute Gasteiger partial charge is 0.493 e. The van der Waals surface area contributed by atoms with Crippen LogP contribution in [0.5, 0.6) is 5.75 Å². The number of carbonyl (C=O) groups is 1. The summed E-state index contributed by atoms with van der Waals surface area (Å²) in [7, 11) is 0. The van der Waals surface area contributed by atoms with Crippen LogP contribution in [-0.4, -0.2) is 17.1 Å². The molecule has 0 atom stereocenters. The monoisotopic (exact) mass is 416 g/mol. The summed E-state index contributed by atoms with van der Waals surface area (Å²) in [5, 5.41) is 3.87. The van der Waals surface area contributed by atoms with Crippen LogP contribution in [0.2, 0.25) is 0 Å². The summed E-state index contributed by atoms with van der Waals surface area (Å²) in [6, 6.07) is 22.1. The Morgan fingerprint density at radius 3 is 2.55 bits per heavy atom. The van der Waals surface area contributed by atoms with Crippen molar-refractivity contribution < 1.29 is 13.9 Å². The van der Waals surface area contributed by atoms with Crippen LogP contribution in [0.3, 0.4) is 0 Å². The summed E-state index contributed by atoms with van der Waals surface area (Å²) in [5.74, 6) is 0.282. The van der Waals surface area contributed by atoms with E-state index in [4.69, 9.17) is 4.74 Å². The third-order valence-corrected chi connectivity index (χ3v) is 5.39. The number of aryl methyl sites for hydroxylation is 1. The van der Waals surface area contributed by atoms with E-state index in [-0.39, 0.29) is 11.7 Å². The fourth-order valence-electron chi connectivity index (χ4n) is 3.73. The number of nitrogens with one attached hydrogen (secondary N) is 1. The summed E-state index contributed by atoms with van der Waals surface area (Å²) >= 11 is 0. The summed E-state index contributed by atoms with van der Waals surface area (Å²) in [4.78, 5) is 13.2. The molecule has 4 aromatic rings. The number of benzene rings is 3. The number of rotatable bonds is 7. The third-order valence-electron chi connectivity index (χ3n) is 5.39. The Balaban J connectivity index is 1.71. The van der Waals surface area contributed by atoms with Gasteiger partial charge in [-0.05, 0) is 60.9 Å². The van der Waals surface area contributed by atoms with E-state index in [1.807, 2.05) is 47.9 Å². The van der Waals surface area contributed by atoms with Crippen molar-refractivity contribution in [2.75, 3.05) is 6.61 Å². The highest BCUT2D eigenvalue weighted by molar-refractivity contribution is 6.00. The lowest BCUT2D eigenvalue weighted by molar-refractivity contribution is 0.0942. The number of ether oxygens (including phenoxy) is 1. The van der Waals surface area contributed by atoms with Gasteiger partial charge in [0.15, 0.2) is 0 Å². The van der Waals surface area contributed by atoms with Crippen molar-refractivity contribution in [1.29, 1.82) is 0 Å². The van der Waals surface area contributed by atoms with Crippen molar-refractivity contribution in [2.24, 2.45) is 0 Å². The molecule has 3 aromatic carbocycles. The third kappa shape index (κ3) is 4.45. The molecule has 1 amide bonds. The molecule has 31 heavy (non-hydrogen) atoms. The highest BCUT2D eigenvalue weighted by Gasteiger charge is 2.18. The molecule has 0 fully saturated rings. The summed E-state index contributed by atoms with van der Waals surface area (Å²) in [6.07, 6.45) is 0. The number of hydrogen-bond acceptors (Lipinski definition) is 2. The van der Waals surface area contributed by atoms with Gasteiger partial charge in [0, 0.05) is 18.5 Å². The number of nitrogens with zero attached hydrogens (tertiary/aromatic N) is 1. The Labute approximate surface area is 181 Å². The van der Waals surface area contributed by atoms with Crippen LogP contribution in [0.1, 0.15) is 34.1 Å². The first-order valence-electron chi connectivity index (χ1n) is 10.4. The standard InChI is InChI=1S/C26H25FN2O2/c1-3-31-25-10-6-9-23-22(25)15-24(29(23)17-20-8-5-4-7-18(20)2)26(30)28-16-19-11-13-21(27)14-12-19/h4-15H,3,16-17H2,1-2H3,(H,28,30). The number of hydrogen-bond donors (Lipinski definition) is 1. The molecule has 0 saturated carbocycles. The Morgan fingerprint density at radius 1 is 1.03 bits per heavy atom. The molecule has 0 aliphatic rings. The maximum Gasteiger partial charge on any atom is 0.268 e. The normalized spacial score (nSPS) is 10.9. The topological polar surface area (TPSA) is 43.3 Å². The van der Waals surface area contributed by atoms with Crippen molar-refractivity contribution in [3.8, 4) is 5.75 Å². The molecule has 158 valence electrons. The van der Waals surface area contributed by atoms with Crippen LogP contribution >= 0.6 is 0 Å². The predicted octanol–water partition coefficient (Wildman–Crippen LogP) is 5.47. The van der Waals surface area contributed by atoms with E-state index in [2.05, 4.69) is 24.4 Å². The smallest absolute Gasteiger partial charge is 0.268 e. The van der Waals surface area contributed by atoms with E-state index in [0.29, 0.717) is 25.4 Å². The van der Waals surface area contributed by atoms with Gasteiger partial charge in [-0.2, -0.15) is 0 Å². The molecule has 4 nitrogen and oxygen atoms in total. The van der Waals surface area contributed by atoms with Gasteiger partial charge in [-0.25, -0.2) is 4.39 Å². The lowest BCUT2D eigenvalue weighted by atomic mass is 10.1. The molecule has 5 heteroatoms. The summed E-state index contributed by atoms with van der Waals surface area (Å²) in [5.41, 5.74) is 4.66. The van der Waals surface area contributed by atoms with E-state index in [0.717, 1.165) is 27.8 Å². The molecular formula is C26H25FN2O2. The van der Waals surface area contributed by atoms with Gasteiger partial charge in [0.2, 0.25) is 0 Å². The van der Waals surface area contributed by atoms with Gasteiger partial charge in [0.25, 0.3) is 5.91 Å². The predicted molar refractivity (Wildman–Crippen MR) is 121 cm³/mol. The molecular weight excluding hydrogens is 391 g/mol. The number of carbonyl (C=O) groups excluding carboxylic acids is 1. The van der Waals surface area contributed by atoms with Gasteiger partial charge >= 0.3 is 0 Å². The quantitative estimate of drug-likeness (QED) is 0.434. The molecule has 0 saturated heterocycles. The fourth-order valence-corrected chi connectivity index (χ4v) is 3.73. The Morgan fingerprint density at radius 2 is 1.81 bits per heavy atom. The number of fused-ring (bicyclic) bond motifs is 1. The van der Waals surface area contributed by atoms with Crippen LogP contribution in [0.4, 0.5) is 4.39 Å². The zero-order valence-electron chi connectivity index (χ0n) is 17.7. The SMILES string of the molecule is CCOc1cccc2c1cc(C(=O)NCc1ccc(F)cc1)n2Cc1ccccc1C. The average Bonchev–Trinajstić information content (AvgIpc) is 3.14. The zero-order chi connectivity index (χ0) is 21.8. The number of halogens is 1. The minimum absolute atomic E-state index is 0.184.